The number of benzene rings is 1. The Hall–Kier alpha value is -2.81. The van der Waals surface area contributed by atoms with E-state index in [4.69, 9.17) is 4.74 Å². The van der Waals surface area contributed by atoms with E-state index in [-0.39, 0.29) is 29.5 Å². The highest BCUT2D eigenvalue weighted by Crippen LogP contribution is 2.15. The topological polar surface area (TPSA) is 104 Å². The third kappa shape index (κ3) is 6.35. The first-order valence-corrected chi connectivity index (χ1v) is 10.4. The van der Waals surface area contributed by atoms with Crippen molar-refractivity contribution in [2.24, 2.45) is 0 Å². The van der Waals surface area contributed by atoms with Crippen molar-refractivity contribution in [1.82, 2.24) is 20.2 Å². The van der Waals surface area contributed by atoms with Crippen molar-refractivity contribution < 1.29 is 14.3 Å². The number of rotatable bonds is 8. The van der Waals surface area contributed by atoms with Gasteiger partial charge in [0, 0.05) is 25.7 Å². The van der Waals surface area contributed by atoms with E-state index in [1.165, 1.54) is 17.8 Å². The molecule has 0 unspecified atom stereocenters. The maximum absolute atomic E-state index is 12.2. The number of carbonyl (C=O) groups is 2. The van der Waals surface area contributed by atoms with Crippen molar-refractivity contribution in [3.05, 3.63) is 51.9 Å². The Kier molecular flexibility index (Phi) is 7.29. The molecule has 8 nitrogen and oxygen atoms in total. The zero-order valence-corrected chi connectivity index (χ0v) is 17.1. The molecule has 1 aliphatic rings. The number of amides is 2. The number of nitrogens with zero attached hydrogens (tertiary/aromatic N) is 2. The number of ether oxygens (including phenoxy) is 1. The second-order valence-electron chi connectivity index (χ2n) is 6.72. The van der Waals surface area contributed by atoms with Gasteiger partial charge in [-0.2, -0.15) is 0 Å². The van der Waals surface area contributed by atoms with Crippen molar-refractivity contribution in [1.29, 1.82) is 0 Å². The number of hydrogen-bond acceptors (Lipinski definition) is 6. The van der Waals surface area contributed by atoms with Crippen LogP contribution in [0.4, 0.5) is 0 Å². The zero-order valence-electron chi connectivity index (χ0n) is 16.3. The van der Waals surface area contributed by atoms with Crippen molar-refractivity contribution >= 4 is 23.6 Å². The molecule has 0 bridgehead atoms. The van der Waals surface area contributed by atoms with Crippen molar-refractivity contribution in [2.75, 3.05) is 26.0 Å². The Balaban J connectivity index is 1.53. The standard InChI is InChI=1S/C20H24N4O4S/c1-28-16-6-4-5-14(9-16)12-21-17(25)10-15-11-18(26)23-20(22-15)29-13-19(27)24-7-2-3-8-24/h4-6,9,11H,2-3,7-8,10,12-13H2,1H3,(H,21,25)(H,22,23,26). The Morgan fingerprint density at radius 3 is 2.83 bits per heavy atom. The van der Waals surface area contributed by atoms with Crippen LogP contribution in [0.2, 0.25) is 0 Å². The first-order valence-electron chi connectivity index (χ1n) is 9.44. The molecule has 3 rings (SSSR count). The summed E-state index contributed by atoms with van der Waals surface area (Å²) in [5, 5.41) is 3.16. The second-order valence-corrected chi connectivity index (χ2v) is 7.69. The van der Waals surface area contributed by atoms with E-state index in [2.05, 4.69) is 15.3 Å². The van der Waals surface area contributed by atoms with Crippen LogP contribution in [-0.2, 0) is 22.6 Å². The molecule has 2 aromatic rings. The molecule has 154 valence electrons. The van der Waals surface area contributed by atoms with Crippen LogP contribution in [0.3, 0.4) is 0 Å². The van der Waals surface area contributed by atoms with Gasteiger partial charge in [0.05, 0.1) is 25.0 Å². The maximum atomic E-state index is 12.2. The van der Waals surface area contributed by atoms with Crippen molar-refractivity contribution in [3.8, 4) is 5.75 Å². The van der Waals surface area contributed by atoms with Gasteiger partial charge < -0.3 is 19.9 Å². The molecule has 0 radical (unpaired) electrons. The van der Waals surface area contributed by atoms with E-state index in [0.717, 1.165) is 37.2 Å². The molecule has 0 spiro atoms. The summed E-state index contributed by atoms with van der Waals surface area (Å²) < 4.78 is 5.17. The lowest BCUT2D eigenvalue weighted by molar-refractivity contribution is -0.127. The quantitative estimate of drug-likeness (QED) is 0.497. The number of aromatic amines is 1. The van der Waals surface area contributed by atoms with Crippen LogP contribution in [0, 0.1) is 0 Å². The Bertz CT molecular complexity index is 925. The molecule has 1 fully saturated rings. The molecule has 29 heavy (non-hydrogen) atoms. The molecule has 2 N–H and O–H groups in total. The fraction of sp³-hybridized carbons (Fsp3) is 0.400. The average Bonchev–Trinajstić information content (AvgIpc) is 3.25. The number of carbonyl (C=O) groups excluding carboxylic acids is 2. The van der Waals surface area contributed by atoms with Crippen molar-refractivity contribution in [3.63, 3.8) is 0 Å². The second kappa shape index (κ2) is 10.1. The van der Waals surface area contributed by atoms with Gasteiger partial charge in [-0.1, -0.05) is 23.9 Å². The van der Waals surface area contributed by atoms with E-state index in [9.17, 15) is 14.4 Å². The van der Waals surface area contributed by atoms with Gasteiger partial charge >= 0.3 is 0 Å². The smallest absolute Gasteiger partial charge is 0.251 e. The molecule has 9 heteroatoms. The molecule has 0 aliphatic carbocycles. The Morgan fingerprint density at radius 2 is 2.07 bits per heavy atom. The van der Waals surface area contributed by atoms with E-state index in [0.29, 0.717) is 17.4 Å². The fourth-order valence-corrected chi connectivity index (χ4v) is 3.84. The number of nitrogens with one attached hydrogen (secondary N) is 2. The Morgan fingerprint density at radius 1 is 1.28 bits per heavy atom. The largest absolute Gasteiger partial charge is 0.497 e. The van der Waals surface area contributed by atoms with Crippen LogP contribution in [0.25, 0.3) is 0 Å². The number of hydrogen-bond donors (Lipinski definition) is 2. The number of thioether (sulfide) groups is 1. The summed E-state index contributed by atoms with van der Waals surface area (Å²) in [5.41, 5.74) is 0.938. The minimum atomic E-state index is -0.341. The van der Waals surface area contributed by atoms with Gasteiger partial charge in [-0.25, -0.2) is 4.98 Å². The van der Waals surface area contributed by atoms with E-state index < -0.39 is 0 Å². The van der Waals surface area contributed by atoms with Crippen LogP contribution >= 0.6 is 11.8 Å². The van der Waals surface area contributed by atoms with Gasteiger partial charge in [0.2, 0.25) is 11.8 Å². The highest BCUT2D eigenvalue weighted by molar-refractivity contribution is 7.99. The van der Waals surface area contributed by atoms with Gasteiger partial charge in [-0.05, 0) is 30.5 Å². The molecule has 1 aliphatic heterocycles. The third-order valence-corrected chi connectivity index (χ3v) is 5.39. The first kappa shape index (κ1) is 20.9. The van der Waals surface area contributed by atoms with Crippen molar-refractivity contribution in [2.45, 2.75) is 31.0 Å². The molecule has 1 aromatic carbocycles. The van der Waals surface area contributed by atoms with E-state index >= 15 is 0 Å². The lowest BCUT2D eigenvalue weighted by atomic mass is 10.2. The Labute approximate surface area is 173 Å². The predicted molar refractivity (Wildman–Crippen MR) is 110 cm³/mol. The molecular formula is C20H24N4O4S. The number of likely N-dealkylation sites (tertiary alicyclic amines) is 1. The summed E-state index contributed by atoms with van der Waals surface area (Å²) in [6, 6.07) is 8.72. The maximum Gasteiger partial charge on any atom is 0.251 e. The summed E-state index contributed by atoms with van der Waals surface area (Å²) in [6.45, 7) is 1.93. The highest BCUT2D eigenvalue weighted by Gasteiger charge is 2.18. The van der Waals surface area contributed by atoms with Gasteiger partial charge in [0.15, 0.2) is 5.16 Å². The minimum Gasteiger partial charge on any atom is -0.497 e. The summed E-state index contributed by atoms with van der Waals surface area (Å²) in [5.74, 6) is 0.735. The van der Waals surface area contributed by atoms with Crippen LogP contribution < -0.4 is 15.6 Å². The lowest BCUT2D eigenvalue weighted by Gasteiger charge is -2.14. The molecule has 1 aromatic heterocycles. The van der Waals surface area contributed by atoms with E-state index in [1.54, 1.807) is 7.11 Å². The van der Waals surface area contributed by atoms with Crippen LogP contribution in [-0.4, -0.2) is 52.6 Å². The highest BCUT2D eigenvalue weighted by atomic mass is 32.2. The molecule has 0 saturated carbocycles. The lowest BCUT2D eigenvalue weighted by Crippen LogP contribution is -2.29. The monoisotopic (exact) mass is 416 g/mol. The fourth-order valence-electron chi connectivity index (χ4n) is 3.04. The third-order valence-electron chi connectivity index (χ3n) is 4.53. The molecule has 2 heterocycles. The molecular weight excluding hydrogens is 392 g/mol. The molecule has 2 amide bonds. The number of H-pyrrole nitrogens is 1. The molecule has 1 saturated heterocycles. The normalized spacial score (nSPS) is 13.3. The van der Waals surface area contributed by atoms with Gasteiger partial charge in [-0.3, -0.25) is 14.4 Å². The predicted octanol–water partition coefficient (Wildman–Crippen LogP) is 1.35. The zero-order chi connectivity index (χ0) is 20.6. The van der Waals surface area contributed by atoms with Crippen LogP contribution in [0.1, 0.15) is 24.1 Å². The summed E-state index contributed by atoms with van der Waals surface area (Å²) in [7, 11) is 1.59. The minimum absolute atomic E-state index is 0.0124. The number of aromatic nitrogens is 2. The first-order chi connectivity index (χ1) is 14.0. The van der Waals surface area contributed by atoms with Gasteiger partial charge in [0.1, 0.15) is 5.75 Å². The summed E-state index contributed by atoms with van der Waals surface area (Å²) in [6.07, 6.45) is 2.05. The van der Waals surface area contributed by atoms with E-state index in [1.807, 2.05) is 29.2 Å². The van der Waals surface area contributed by atoms with Gasteiger partial charge in [-0.15, -0.1) is 0 Å². The van der Waals surface area contributed by atoms with Gasteiger partial charge in [0.25, 0.3) is 5.56 Å². The molecule has 0 atom stereocenters. The SMILES string of the molecule is COc1cccc(CNC(=O)Cc2cc(=O)[nH]c(SCC(=O)N3CCCC3)n2)c1. The number of methoxy groups -OCH3 is 1. The van der Waals surface area contributed by atoms with Crippen LogP contribution in [0.15, 0.2) is 40.3 Å². The summed E-state index contributed by atoms with van der Waals surface area (Å²) in [4.78, 5) is 45.0. The average molecular weight is 417 g/mol. The summed E-state index contributed by atoms with van der Waals surface area (Å²) >= 11 is 1.18. The van der Waals surface area contributed by atoms with Crippen LogP contribution in [0.5, 0.6) is 5.75 Å².